The number of hydrogen-bond donors (Lipinski definition) is 2. The predicted molar refractivity (Wildman–Crippen MR) is 137 cm³/mol. The fourth-order valence-electron chi connectivity index (χ4n) is 4.23. The zero-order chi connectivity index (χ0) is 24.7. The van der Waals surface area contributed by atoms with E-state index in [0.29, 0.717) is 33.9 Å². The van der Waals surface area contributed by atoms with Crippen LogP contribution in [0.25, 0.3) is 0 Å². The molecule has 2 N–H and O–H groups in total. The molecule has 3 rings (SSSR count). The Bertz CT molecular complexity index is 1130. The molecular formula is C25H32ClN3O4S. The number of halogens is 1. The first kappa shape index (κ1) is 26.0. The summed E-state index contributed by atoms with van der Waals surface area (Å²) in [4.78, 5) is 25.4. The van der Waals surface area contributed by atoms with Crippen molar-refractivity contribution in [1.82, 2.24) is 5.32 Å². The molecule has 2 aromatic rings. The highest BCUT2D eigenvalue weighted by Crippen LogP contribution is 2.28. The van der Waals surface area contributed by atoms with Crippen LogP contribution in [-0.2, 0) is 14.8 Å². The van der Waals surface area contributed by atoms with Gasteiger partial charge in [-0.15, -0.1) is 0 Å². The van der Waals surface area contributed by atoms with E-state index in [-0.39, 0.29) is 30.8 Å². The summed E-state index contributed by atoms with van der Waals surface area (Å²) in [5.41, 5.74) is 2.04. The van der Waals surface area contributed by atoms with Crippen LogP contribution in [0.3, 0.4) is 0 Å². The van der Waals surface area contributed by atoms with Crippen LogP contribution in [0.2, 0.25) is 5.02 Å². The van der Waals surface area contributed by atoms with Crippen LogP contribution in [0.5, 0.6) is 0 Å². The number of rotatable bonds is 9. The van der Waals surface area contributed by atoms with Crippen LogP contribution in [-0.4, -0.2) is 39.1 Å². The number of anilines is 2. The average Bonchev–Trinajstić information content (AvgIpc) is 2.79. The highest BCUT2D eigenvalue weighted by molar-refractivity contribution is 7.92. The van der Waals surface area contributed by atoms with E-state index in [0.717, 1.165) is 31.9 Å². The Balaban J connectivity index is 1.61. The third-order valence-corrected chi connectivity index (χ3v) is 7.65. The Kier molecular flexibility index (Phi) is 8.97. The van der Waals surface area contributed by atoms with Gasteiger partial charge in [0.2, 0.25) is 15.9 Å². The molecule has 0 saturated heterocycles. The lowest BCUT2D eigenvalue weighted by Gasteiger charge is -2.24. The number of hydrogen-bond acceptors (Lipinski definition) is 4. The molecule has 0 radical (unpaired) electrons. The molecular weight excluding hydrogens is 474 g/mol. The van der Waals surface area contributed by atoms with Crippen LogP contribution in [0.1, 0.15) is 60.9 Å². The van der Waals surface area contributed by atoms with Crippen molar-refractivity contribution in [1.29, 1.82) is 0 Å². The highest BCUT2D eigenvalue weighted by Gasteiger charge is 2.21. The Labute approximate surface area is 206 Å². The van der Waals surface area contributed by atoms with Gasteiger partial charge in [-0.05, 0) is 56.0 Å². The maximum absolute atomic E-state index is 12.8. The van der Waals surface area contributed by atoms with Crippen LogP contribution >= 0.6 is 11.6 Å². The first-order valence-electron chi connectivity index (χ1n) is 11.6. The van der Waals surface area contributed by atoms with Gasteiger partial charge in [-0.25, -0.2) is 8.42 Å². The van der Waals surface area contributed by atoms with E-state index in [1.165, 1.54) is 10.7 Å². The number of nitrogens with one attached hydrogen (secondary N) is 2. The summed E-state index contributed by atoms with van der Waals surface area (Å²) in [5, 5.41) is 6.37. The molecule has 0 unspecified atom stereocenters. The number of nitrogens with zero attached hydrogens (tertiary/aromatic N) is 1. The van der Waals surface area contributed by atoms with Gasteiger partial charge in [0.25, 0.3) is 5.91 Å². The number of carbonyl (C=O) groups excluding carboxylic acids is 2. The second-order valence-corrected chi connectivity index (χ2v) is 11.0. The lowest BCUT2D eigenvalue weighted by Crippen LogP contribution is -2.36. The van der Waals surface area contributed by atoms with E-state index < -0.39 is 10.0 Å². The Morgan fingerprint density at radius 1 is 1.06 bits per heavy atom. The number of sulfonamides is 1. The molecule has 1 saturated carbocycles. The van der Waals surface area contributed by atoms with E-state index in [1.807, 2.05) is 0 Å². The molecule has 0 aromatic heterocycles. The van der Waals surface area contributed by atoms with E-state index in [1.54, 1.807) is 49.4 Å². The molecule has 0 heterocycles. The van der Waals surface area contributed by atoms with Gasteiger partial charge in [0.05, 0.1) is 23.2 Å². The SMILES string of the molecule is Cc1c(Cl)cccc1N(CCCC(=O)Nc1ccccc1C(=O)NC1CCCCC1)S(C)(=O)=O. The van der Waals surface area contributed by atoms with Gasteiger partial charge >= 0.3 is 0 Å². The van der Waals surface area contributed by atoms with E-state index in [4.69, 9.17) is 11.6 Å². The van der Waals surface area contributed by atoms with Gasteiger partial charge in [0.1, 0.15) is 0 Å². The summed E-state index contributed by atoms with van der Waals surface area (Å²) in [6.07, 6.45) is 6.92. The first-order valence-corrected chi connectivity index (χ1v) is 13.8. The summed E-state index contributed by atoms with van der Waals surface area (Å²) in [6.45, 7) is 1.90. The van der Waals surface area contributed by atoms with Crippen molar-refractivity contribution in [2.24, 2.45) is 0 Å². The monoisotopic (exact) mass is 505 g/mol. The fourth-order valence-corrected chi connectivity index (χ4v) is 5.41. The summed E-state index contributed by atoms with van der Waals surface area (Å²) >= 11 is 6.17. The van der Waals surface area contributed by atoms with E-state index >= 15 is 0 Å². The number of para-hydroxylation sites is 1. The van der Waals surface area contributed by atoms with E-state index in [2.05, 4.69) is 10.6 Å². The van der Waals surface area contributed by atoms with Crippen molar-refractivity contribution < 1.29 is 18.0 Å². The van der Waals surface area contributed by atoms with Crippen molar-refractivity contribution in [3.05, 3.63) is 58.6 Å². The molecule has 2 aromatic carbocycles. The summed E-state index contributed by atoms with van der Waals surface area (Å²) in [6, 6.07) is 12.2. The molecule has 1 aliphatic carbocycles. The van der Waals surface area contributed by atoms with Crippen molar-refractivity contribution >= 4 is 44.8 Å². The summed E-state index contributed by atoms with van der Waals surface area (Å²) in [7, 11) is -3.56. The fraction of sp³-hybridized carbons (Fsp3) is 0.440. The van der Waals surface area contributed by atoms with Crippen LogP contribution < -0.4 is 14.9 Å². The topological polar surface area (TPSA) is 95.6 Å². The standard InChI is InChI=1S/C25H32ClN3O4S/c1-18-21(26)13-8-15-23(18)29(34(2,32)33)17-9-16-24(30)28-22-14-7-6-12-20(22)25(31)27-19-10-4-3-5-11-19/h6-8,12-15,19H,3-5,9-11,16-17H2,1-2H3,(H,27,31)(H,28,30). The molecule has 7 nitrogen and oxygen atoms in total. The average molecular weight is 506 g/mol. The molecule has 9 heteroatoms. The lowest BCUT2D eigenvalue weighted by molar-refractivity contribution is -0.116. The maximum Gasteiger partial charge on any atom is 0.253 e. The molecule has 184 valence electrons. The molecule has 1 fully saturated rings. The molecule has 2 amide bonds. The zero-order valence-electron chi connectivity index (χ0n) is 19.6. The Morgan fingerprint density at radius 3 is 2.47 bits per heavy atom. The van der Waals surface area contributed by atoms with Crippen molar-refractivity contribution in [2.45, 2.75) is 57.9 Å². The van der Waals surface area contributed by atoms with Crippen molar-refractivity contribution in [3.63, 3.8) is 0 Å². The molecule has 0 bridgehead atoms. The minimum atomic E-state index is -3.56. The quantitative estimate of drug-likeness (QED) is 0.507. The van der Waals surface area contributed by atoms with Gasteiger partial charge < -0.3 is 10.6 Å². The molecule has 0 aliphatic heterocycles. The van der Waals surface area contributed by atoms with E-state index in [9.17, 15) is 18.0 Å². The van der Waals surface area contributed by atoms with Crippen molar-refractivity contribution in [2.75, 3.05) is 22.4 Å². The van der Waals surface area contributed by atoms with Crippen LogP contribution in [0.15, 0.2) is 42.5 Å². The van der Waals surface area contributed by atoms with Gasteiger partial charge in [0.15, 0.2) is 0 Å². The second-order valence-electron chi connectivity index (χ2n) is 8.72. The molecule has 34 heavy (non-hydrogen) atoms. The second kappa shape index (κ2) is 11.7. The van der Waals surface area contributed by atoms with Crippen molar-refractivity contribution in [3.8, 4) is 0 Å². The summed E-state index contributed by atoms with van der Waals surface area (Å²) < 4.78 is 26.0. The lowest BCUT2D eigenvalue weighted by atomic mass is 9.95. The van der Waals surface area contributed by atoms with Crippen LogP contribution in [0, 0.1) is 6.92 Å². The third kappa shape index (κ3) is 6.96. The third-order valence-electron chi connectivity index (χ3n) is 6.06. The van der Waals surface area contributed by atoms with Gasteiger partial charge in [-0.1, -0.05) is 49.1 Å². The highest BCUT2D eigenvalue weighted by atomic mass is 35.5. The maximum atomic E-state index is 12.8. The largest absolute Gasteiger partial charge is 0.349 e. The normalized spacial score (nSPS) is 14.4. The van der Waals surface area contributed by atoms with Crippen LogP contribution in [0.4, 0.5) is 11.4 Å². The van der Waals surface area contributed by atoms with Gasteiger partial charge in [-0.3, -0.25) is 13.9 Å². The first-order chi connectivity index (χ1) is 16.2. The number of benzene rings is 2. The smallest absolute Gasteiger partial charge is 0.253 e. The molecule has 0 atom stereocenters. The minimum Gasteiger partial charge on any atom is -0.349 e. The Morgan fingerprint density at radius 2 is 1.76 bits per heavy atom. The molecule has 1 aliphatic rings. The van der Waals surface area contributed by atoms with Gasteiger partial charge in [-0.2, -0.15) is 0 Å². The van der Waals surface area contributed by atoms with Gasteiger partial charge in [0, 0.05) is 24.0 Å². The number of carbonyl (C=O) groups is 2. The molecule has 0 spiro atoms. The summed E-state index contributed by atoms with van der Waals surface area (Å²) in [5.74, 6) is -0.475. The Hall–Kier alpha value is -2.58. The minimum absolute atomic E-state index is 0.101. The number of amides is 2. The zero-order valence-corrected chi connectivity index (χ0v) is 21.2. The predicted octanol–water partition coefficient (Wildman–Crippen LogP) is 4.90.